The van der Waals surface area contributed by atoms with Gasteiger partial charge >= 0.3 is 0 Å². The number of nitrogens with zero attached hydrogens (tertiary/aromatic N) is 2. The minimum Gasteiger partial charge on any atom is -0.294 e. The zero-order chi connectivity index (χ0) is 12.1. The molecular formula is C12H10FN3O. The van der Waals surface area contributed by atoms with Crippen molar-refractivity contribution in [2.75, 3.05) is 5.32 Å². The second-order valence-electron chi connectivity index (χ2n) is 3.39. The van der Waals surface area contributed by atoms with Crippen molar-refractivity contribution in [2.45, 2.75) is 6.42 Å². The van der Waals surface area contributed by atoms with Crippen LogP contribution in [0.1, 0.15) is 5.56 Å². The molecule has 0 radical (unpaired) electrons. The fourth-order valence-corrected chi connectivity index (χ4v) is 1.35. The summed E-state index contributed by atoms with van der Waals surface area (Å²) in [4.78, 5) is 19.3. The number of aromatic nitrogens is 2. The van der Waals surface area contributed by atoms with Gasteiger partial charge in [-0.25, -0.2) is 14.4 Å². The second kappa shape index (κ2) is 5.16. The SMILES string of the molecule is O=C(Cc1ccccc1F)Nc1ncccn1. The molecule has 0 unspecified atom stereocenters. The number of carbonyl (C=O) groups excluding carboxylic acids is 1. The fraction of sp³-hybridized carbons (Fsp3) is 0.0833. The molecule has 5 heteroatoms. The number of nitrogens with one attached hydrogen (secondary N) is 1. The molecule has 0 bridgehead atoms. The molecule has 0 saturated heterocycles. The average Bonchev–Trinajstić information content (AvgIpc) is 2.33. The van der Waals surface area contributed by atoms with Crippen molar-refractivity contribution in [1.29, 1.82) is 0 Å². The van der Waals surface area contributed by atoms with Crippen molar-refractivity contribution in [3.8, 4) is 0 Å². The quantitative estimate of drug-likeness (QED) is 0.876. The van der Waals surface area contributed by atoms with Crippen LogP contribution in [0.15, 0.2) is 42.7 Å². The van der Waals surface area contributed by atoms with Crippen LogP contribution in [-0.2, 0) is 11.2 Å². The molecule has 2 rings (SSSR count). The third kappa shape index (κ3) is 3.07. The van der Waals surface area contributed by atoms with Gasteiger partial charge in [0.2, 0.25) is 11.9 Å². The van der Waals surface area contributed by atoms with Crippen LogP contribution in [0.5, 0.6) is 0 Å². The van der Waals surface area contributed by atoms with Crippen molar-refractivity contribution in [3.63, 3.8) is 0 Å². The minimum atomic E-state index is -0.392. The first-order valence-electron chi connectivity index (χ1n) is 5.06. The number of carbonyl (C=O) groups is 1. The number of halogens is 1. The standard InChI is InChI=1S/C12H10FN3O/c13-10-5-2-1-4-9(10)8-11(17)16-12-14-6-3-7-15-12/h1-7H,8H2,(H,14,15,16,17). The highest BCUT2D eigenvalue weighted by atomic mass is 19.1. The van der Waals surface area contributed by atoms with Gasteiger partial charge in [0.05, 0.1) is 6.42 Å². The van der Waals surface area contributed by atoms with Crippen molar-refractivity contribution in [2.24, 2.45) is 0 Å². The molecule has 1 aromatic heterocycles. The van der Waals surface area contributed by atoms with Crippen LogP contribution in [0.25, 0.3) is 0 Å². The molecule has 0 fully saturated rings. The Morgan fingerprint density at radius 1 is 1.18 bits per heavy atom. The maximum atomic E-state index is 13.3. The predicted molar refractivity (Wildman–Crippen MR) is 60.8 cm³/mol. The van der Waals surface area contributed by atoms with Gasteiger partial charge in [0.1, 0.15) is 5.82 Å². The maximum Gasteiger partial charge on any atom is 0.231 e. The molecule has 86 valence electrons. The third-order valence-electron chi connectivity index (χ3n) is 2.13. The molecule has 4 nitrogen and oxygen atoms in total. The fourth-order valence-electron chi connectivity index (χ4n) is 1.35. The number of hydrogen-bond acceptors (Lipinski definition) is 3. The van der Waals surface area contributed by atoms with Gasteiger partial charge < -0.3 is 0 Å². The molecule has 1 heterocycles. The highest BCUT2D eigenvalue weighted by molar-refractivity contribution is 5.90. The van der Waals surface area contributed by atoms with Crippen LogP contribution < -0.4 is 5.32 Å². The average molecular weight is 231 g/mol. The normalized spacial score (nSPS) is 9.94. The molecule has 0 aliphatic heterocycles. The molecule has 17 heavy (non-hydrogen) atoms. The van der Waals surface area contributed by atoms with Gasteiger partial charge in [-0.2, -0.15) is 0 Å². The zero-order valence-corrected chi connectivity index (χ0v) is 8.93. The first kappa shape index (κ1) is 11.2. The Morgan fingerprint density at radius 3 is 2.59 bits per heavy atom. The van der Waals surface area contributed by atoms with Gasteiger partial charge in [-0.1, -0.05) is 18.2 Å². The topological polar surface area (TPSA) is 54.9 Å². The summed E-state index contributed by atoms with van der Waals surface area (Å²) in [6.07, 6.45) is 3.00. The van der Waals surface area contributed by atoms with E-state index in [1.807, 2.05) is 0 Å². The number of anilines is 1. The van der Waals surface area contributed by atoms with Crippen molar-refractivity contribution >= 4 is 11.9 Å². The van der Waals surface area contributed by atoms with E-state index in [0.29, 0.717) is 5.56 Å². The summed E-state index contributed by atoms with van der Waals surface area (Å²) in [6.45, 7) is 0. The Bertz CT molecular complexity index is 516. The van der Waals surface area contributed by atoms with Gasteiger partial charge in [0.15, 0.2) is 0 Å². The van der Waals surface area contributed by atoms with Gasteiger partial charge in [-0.15, -0.1) is 0 Å². The van der Waals surface area contributed by atoms with Crippen molar-refractivity contribution < 1.29 is 9.18 Å². The van der Waals surface area contributed by atoms with Crippen LogP contribution in [-0.4, -0.2) is 15.9 Å². The summed E-state index contributed by atoms with van der Waals surface area (Å²) in [6, 6.07) is 7.80. The molecule has 0 saturated carbocycles. The molecule has 0 aliphatic carbocycles. The van der Waals surface area contributed by atoms with Crippen LogP contribution in [0.4, 0.5) is 10.3 Å². The first-order valence-corrected chi connectivity index (χ1v) is 5.06. The predicted octanol–water partition coefficient (Wildman–Crippen LogP) is 1.80. The lowest BCUT2D eigenvalue weighted by atomic mass is 10.1. The van der Waals surface area contributed by atoms with E-state index in [2.05, 4.69) is 15.3 Å². The van der Waals surface area contributed by atoms with E-state index >= 15 is 0 Å². The Hall–Kier alpha value is -2.30. The largest absolute Gasteiger partial charge is 0.294 e. The second-order valence-corrected chi connectivity index (χ2v) is 3.39. The molecule has 1 amide bonds. The molecular weight excluding hydrogens is 221 g/mol. The van der Waals surface area contributed by atoms with E-state index in [-0.39, 0.29) is 18.3 Å². The van der Waals surface area contributed by atoms with E-state index < -0.39 is 5.82 Å². The summed E-state index contributed by atoms with van der Waals surface area (Å²) in [7, 11) is 0. The lowest BCUT2D eigenvalue weighted by Crippen LogP contribution is -2.16. The smallest absolute Gasteiger partial charge is 0.231 e. The van der Waals surface area contributed by atoms with Crippen LogP contribution in [0.2, 0.25) is 0 Å². The van der Waals surface area contributed by atoms with Gasteiger partial charge in [-0.05, 0) is 17.7 Å². The molecule has 0 spiro atoms. The number of rotatable bonds is 3. The minimum absolute atomic E-state index is 0.0368. The zero-order valence-electron chi connectivity index (χ0n) is 8.93. The Kier molecular flexibility index (Phi) is 3.40. The Balaban J connectivity index is 2.01. The Morgan fingerprint density at radius 2 is 1.88 bits per heavy atom. The van der Waals surface area contributed by atoms with Gasteiger partial charge in [0.25, 0.3) is 0 Å². The van der Waals surface area contributed by atoms with E-state index in [4.69, 9.17) is 0 Å². The Labute approximate surface area is 97.5 Å². The lowest BCUT2D eigenvalue weighted by molar-refractivity contribution is -0.115. The third-order valence-corrected chi connectivity index (χ3v) is 2.13. The number of amides is 1. The lowest BCUT2D eigenvalue weighted by Gasteiger charge is -2.03. The molecule has 0 atom stereocenters. The van der Waals surface area contributed by atoms with E-state index in [1.165, 1.54) is 18.5 Å². The summed E-state index contributed by atoms with van der Waals surface area (Å²) in [5.74, 6) is -0.522. The maximum absolute atomic E-state index is 13.3. The van der Waals surface area contributed by atoms with E-state index in [0.717, 1.165) is 0 Å². The van der Waals surface area contributed by atoms with Crippen LogP contribution in [0.3, 0.4) is 0 Å². The molecule has 1 N–H and O–H groups in total. The van der Waals surface area contributed by atoms with Crippen molar-refractivity contribution in [3.05, 3.63) is 54.1 Å². The first-order chi connectivity index (χ1) is 8.25. The highest BCUT2D eigenvalue weighted by Crippen LogP contribution is 2.07. The molecule has 0 aliphatic rings. The van der Waals surface area contributed by atoms with Crippen LogP contribution in [0, 0.1) is 5.82 Å². The summed E-state index contributed by atoms with van der Waals surface area (Å²) < 4.78 is 13.3. The molecule has 1 aromatic carbocycles. The molecule has 2 aromatic rings. The summed E-state index contributed by atoms with van der Waals surface area (Å²) in [5.41, 5.74) is 0.348. The number of hydrogen-bond donors (Lipinski definition) is 1. The summed E-state index contributed by atoms with van der Waals surface area (Å²) in [5, 5.41) is 2.49. The highest BCUT2D eigenvalue weighted by Gasteiger charge is 2.08. The van der Waals surface area contributed by atoms with Crippen LogP contribution >= 0.6 is 0 Å². The van der Waals surface area contributed by atoms with Gasteiger partial charge in [-0.3, -0.25) is 10.1 Å². The monoisotopic (exact) mass is 231 g/mol. The van der Waals surface area contributed by atoms with E-state index in [9.17, 15) is 9.18 Å². The summed E-state index contributed by atoms with van der Waals surface area (Å²) >= 11 is 0. The van der Waals surface area contributed by atoms with Crippen molar-refractivity contribution in [1.82, 2.24) is 9.97 Å². The van der Waals surface area contributed by atoms with E-state index in [1.54, 1.807) is 24.3 Å². The van der Waals surface area contributed by atoms with Gasteiger partial charge in [0, 0.05) is 12.4 Å². The number of benzene rings is 1.